The number of benzene rings is 2. The molecule has 6 heteroatoms. The van der Waals surface area contributed by atoms with E-state index in [1.165, 1.54) is 6.33 Å². The van der Waals surface area contributed by atoms with Crippen molar-refractivity contribution in [1.82, 2.24) is 19.7 Å². The lowest BCUT2D eigenvalue weighted by molar-refractivity contribution is 0.895. The number of nitrogens with one attached hydrogen (secondary N) is 1. The molecule has 4 rings (SSSR count). The standard InChI is InChI=1S/C18H14ClN5/c1-12-4-2-3-5-16(12)23-17-15-10-22-24(18(15)21-11-20-17)14-8-6-13(19)7-9-14/h2-11H,1H3,(H,20,21,23). The molecular weight excluding hydrogens is 322 g/mol. The van der Waals surface area contributed by atoms with E-state index in [1.807, 2.05) is 42.5 Å². The molecule has 0 aliphatic carbocycles. The largest absolute Gasteiger partial charge is 0.339 e. The van der Waals surface area contributed by atoms with Gasteiger partial charge in [-0.25, -0.2) is 14.6 Å². The van der Waals surface area contributed by atoms with Crippen LogP contribution in [0.15, 0.2) is 61.1 Å². The van der Waals surface area contributed by atoms with Gasteiger partial charge in [0.15, 0.2) is 5.65 Å². The fraction of sp³-hybridized carbons (Fsp3) is 0.0556. The number of hydrogen-bond donors (Lipinski definition) is 1. The Hall–Kier alpha value is -2.92. The summed E-state index contributed by atoms with van der Waals surface area (Å²) in [5, 5.41) is 9.36. The number of nitrogens with zero attached hydrogens (tertiary/aromatic N) is 4. The predicted octanol–water partition coefficient (Wildman–Crippen LogP) is 4.52. The average Bonchev–Trinajstić information content (AvgIpc) is 3.03. The zero-order chi connectivity index (χ0) is 16.5. The van der Waals surface area contributed by atoms with Gasteiger partial charge in [-0.1, -0.05) is 29.8 Å². The maximum Gasteiger partial charge on any atom is 0.168 e. The fourth-order valence-electron chi connectivity index (χ4n) is 2.56. The van der Waals surface area contributed by atoms with Gasteiger partial charge in [0.2, 0.25) is 0 Å². The van der Waals surface area contributed by atoms with Crippen molar-refractivity contribution < 1.29 is 0 Å². The second kappa shape index (κ2) is 5.94. The van der Waals surface area contributed by atoms with Gasteiger partial charge in [-0.3, -0.25) is 0 Å². The molecule has 24 heavy (non-hydrogen) atoms. The number of fused-ring (bicyclic) bond motifs is 1. The van der Waals surface area contributed by atoms with Crippen molar-refractivity contribution in [3.05, 3.63) is 71.6 Å². The molecule has 0 amide bonds. The lowest BCUT2D eigenvalue weighted by Crippen LogP contribution is -2.00. The van der Waals surface area contributed by atoms with Crippen LogP contribution in [0.1, 0.15) is 5.56 Å². The summed E-state index contributed by atoms with van der Waals surface area (Å²) in [4.78, 5) is 8.75. The Morgan fingerprint density at radius 2 is 1.79 bits per heavy atom. The molecule has 0 aliphatic rings. The first-order valence-corrected chi connectivity index (χ1v) is 7.87. The Morgan fingerprint density at radius 1 is 1.00 bits per heavy atom. The van der Waals surface area contributed by atoms with Gasteiger partial charge in [-0.15, -0.1) is 0 Å². The highest BCUT2D eigenvalue weighted by molar-refractivity contribution is 6.30. The van der Waals surface area contributed by atoms with Crippen LogP contribution in [0.4, 0.5) is 11.5 Å². The quantitative estimate of drug-likeness (QED) is 0.598. The van der Waals surface area contributed by atoms with E-state index in [0.717, 1.165) is 33.8 Å². The third-order valence-corrected chi connectivity index (χ3v) is 4.09. The molecule has 0 saturated heterocycles. The second-order valence-corrected chi connectivity index (χ2v) is 5.87. The fourth-order valence-corrected chi connectivity index (χ4v) is 2.68. The third-order valence-electron chi connectivity index (χ3n) is 3.84. The number of aryl methyl sites for hydroxylation is 1. The third kappa shape index (κ3) is 2.59. The minimum Gasteiger partial charge on any atom is -0.339 e. The molecule has 2 aromatic heterocycles. The van der Waals surface area contributed by atoms with E-state index in [0.29, 0.717) is 5.02 Å². The maximum atomic E-state index is 5.96. The van der Waals surface area contributed by atoms with Crippen LogP contribution in [-0.4, -0.2) is 19.7 Å². The second-order valence-electron chi connectivity index (χ2n) is 5.43. The zero-order valence-corrected chi connectivity index (χ0v) is 13.7. The summed E-state index contributed by atoms with van der Waals surface area (Å²) in [5.41, 5.74) is 3.80. The highest BCUT2D eigenvalue weighted by Crippen LogP contribution is 2.26. The smallest absolute Gasteiger partial charge is 0.168 e. The van der Waals surface area contributed by atoms with E-state index >= 15 is 0 Å². The van der Waals surface area contributed by atoms with Crippen molar-refractivity contribution >= 4 is 34.1 Å². The molecular formula is C18H14ClN5. The van der Waals surface area contributed by atoms with Crippen molar-refractivity contribution in [2.24, 2.45) is 0 Å². The van der Waals surface area contributed by atoms with E-state index in [9.17, 15) is 0 Å². The van der Waals surface area contributed by atoms with Gasteiger partial charge in [0.1, 0.15) is 12.1 Å². The molecule has 5 nitrogen and oxygen atoms in total. The van der Waals surface area contributed by atoms with E-state index in [4.69, 9.17) is 11.6 Å². The number of hydrogen-bond acceptors (Lipinski definition) is 4. The zero-order valence-electron chi connectivity index (χ0n) is 12.9. The van der Waals surface area contributed by atoms with Crippen LogP contribution in [0.5, 0.6) is 0 Å². The van der Waals surface area contributed by atoms with Crippen molar-refractivity contribution in [3.8, 4) is 5.69 Å². The summed E-state index contributed by atoms with van der Waals surface area (Å²) >= 11 is 5.96. The molecule has 0 aliphatic heterocycles. The molecule has 4 aromatic rings. The molecule has 0 unspecified atom stereocenters. The van der Waals surface area contributed by atoms with Crippen molar-refractivity contribution in [2.45, 2.75) is 6.92 Å². The molecule has 118 valence electrons. The van der Waals surface area contributed by atoms with Crippen LogP contribution in [0.25, 0.3) is 16.7 Å². The number of anilines is 2. The molecule has 0 radical (unpaired) electrons. The summed E-state index contributed by atoms with van der Waals surface area (Å²) in [7, 11) is 0. The molecule has 0 atom stereocenters. The monoisotopic (exact) mass is 335 g/mol. The Kier molecular flexibility index (Phi) is 3.63. The van der Waals surface area contributed by atoms with Crippen LogP contribution >= 0.6 is 11.6 Å². The van der Waals surface area contributed by atoms with Crippen molar-refractivity contribution in [2.75, 3.05) is 5.32 Å². The van der Waals surface area contributed by atoms with E-state index in [1.54, 1.807) is 10.9 Å². The molecule has 0 saturated carbocycles. The molecule has 0 fully saturated rings. The van der Waals surface area contributed by atoms with Gasteiger partial charge in [0.25, 0.3) is 0 Å². The van der Waals surface area contributed by atoms with E-state index < -0.39 is 0 Å². The SMILES string of the molecule is Cc1ccccc1Nc1ncnc2c1cnn2-c1ccc(Cl)cc1. The normalized spacial score (nSPS) is 10.9. The Morgan fingerprint density at radius 3 is 2.58 bits per heavy atom. The summed E-state index contributed by atoms with van der Waals surface area (Å²) in [5.74, 6) is 0.731. The van der Waals surface area contributed by atoms with E-state index in [-0.39, 0.29) is 0 Å². The van der Waals surface area contributed by atoms with Crippen LogP contribution in [0.3, 0.4) is 0 Å². The lowest BCUT2D eigenvalue weighted by Gasteiger charge is -2.09. The number of rotatable bonds is 3. The summed E-state index contributed by atoms with van der Waals surface area (Å²) in [6.45, 7) is 2.05. The van der Waals surface area contributed by atoms with Crippen LogP contribution in [-0.2, 0) is 0 Å². The van der Waals surface area contributed by atoms with Gasteiger partial charge in [0, 0.05) is 10.7 Å². The maximum absolute atomic E-state index is 5.96. The van der Waals surface area contributed by atoms with Crippen LogP contribution in [0.2, 0.25) is 5.02 Å². The highest BCUT2D eigenvalue weighted by atomic mass is 35.5. The minimum atomic E-state index is 0.687. The summed E-state index contributed by atoms with van der Waals surface area (Å²) in [6.07, 6.45) is 3.31. The number of para-hydroxylation sites is 1. The predicted molar refractivity (Wildman–Crippen MR) is 96.1 cm³/mol. The van der Waals surface area contributed by atoms with Gasteiger partial charge in [-0.05, 0) is 42.8 Å². The Bertz CT molecular complexity index is 1010. The van der Waals surface area contributed by atoms with Crippen molar-refractivity contribution in [3.63, 3.8) is 0 Å². The Labute approximate surface area is 143 Å². The van der Waals surface area contributed by atoms with E-state index in [2.05, 4.69) is 33.4 Å². The summed E-state index contributed by atoms with van der Waals surface area (Å²) in [6, 6.07) is 15.6. The first-order chi connectivity index (χ1) is 11.7. The first-order valence-electron chi connectivity index (χ1n) is 7.50. The van der Waals surface area contributed by atoms with Gasteiger partial charge >= 0.3 is 0 Å². The minimum absolute atomic E-state index is 0.687. The topological polar surface area (TPSA) is 55.6 Å². The van der Waals surface area contributed by atoms with Gasteiger partial charge < -0.3 is 5.32 Å². The highest BCUT2D eigenvalue weighted by Gasteiger charge is 2.11. The first kappa shape index (κ1) is 14.7. The van der Waals surface area contributed by atoms with Crippen LogP contribution < -0.4 is 5.32 Å². The number of halogens is 1. The Balaban J connectivity index is 1.79. The van der Waals surface area contributed by atoms with Crippen molar-refractivity contribution in [1.29, 1.82) is 0 Å². The molecule has 1 N–H and O–H groups in total. The molecule has 0 spiro atoms. The van der Waals surface area contributed by atoms with Gasteiger partial charge in [0.05, 0.1) is 17.3 Å². The number of aromatic nitrogens is 4. The molecule has 0 bridgehead atoms. The summed E-state index contributed by atoms with van der Waals surface area (Å²) < 4.78 is 1.77. The molecule has 2 heterocycles. The molecule has 2 aromatic carbocycles. The average molecular weight is 336 g/mol. The van der Waals surface area contributed by atoms with Crippen LogP contribution in [0, 0.1) is 6.92 Å². The lowest BCUT2D eigenvalue weighted by atomic mass is 10.2. The van der Waals surface area contributed by atoms with Gasteiger partial charge in [-0.2, -0.15) is 5.10 Å².